The Morgan fingerprint density at radius 1 is 1.30 bits per heavy atom. The third-order valence-corrected chi connectivity index (χ3v) is 3.13. The molecule has 0 unspecified atom stereocenters. The SMILES string of the molecule is Cn1cc(C(=O)Nc2cc([N+](=O)[O-])ccc2O)c(=O)n(C)c1=O. The quantitative estimate of drug-likeness (QED) is 0.462. The van der Waals surface area contributed by atoms with E-state index in [0.29, 0.717) is 0 Å². The molecule has 1 aromatic heterocycles. The first-order valence-corrected chi connectivity index (χ1v) is 6.27. The lowest BCUT2D eigenvalue weighted by Gasteiger charge is -2.09. The number of nitrogens with zero attached hydrogens (tertiary/aromatic N) is 3. The Morgan fingerprint density at radius 2 is 1.96 bits per heavy atom. The van der Waals surface area contributed by atoms with Crippen LogP contribution in [0.5, 0.6) is 5.75 Å². The van der Waals surface area contributed by atoms with Crippen LogP contribution in [-0.4, -0.2) is 25.1 Å². The van der Waals surface area contributed by atoms with Crippen LogP contribution in [-0.2, 0) is 14.1 Å². The van der Waals surface area contributed by atoms with E-state index in [1.165, 1.54) is 14.1 Å². The van der Waals surface area contributed by atoms with Crippen LogP contribution in [0.25, 0.3) is 0 Å². The maximum atomic E-state index is 12.2. The summed E-state index contributed by atoms with van der Waals surface area (Å²) in [5, 5.41) is 22.6. The number of aromatic hydroxyl groups is 1. The third kappa shape index (κ3) is 2.95. The van der Waals surface area contributed by atoms with Gasteiger partial charge in [-0.05, 0) is 6.07 Å². The van der Waals surface area contributed by atoms with Crippen molar-refractivity contribution in [3.8, 4) is 5.75 Å². The van der Waals surface area contributed by atoms with Crippen LogP contribution in [0.2, 0.25) is 0 Å². The van der Waals surface area contributed by atoms with E-state index in [9.17, 15) is 29.6 Å². The molecule has 0 radical (unpaired) electrons. The van der Waals surface area contributed by atoms with Gasteiger partial charge in [0.15, 0.2) is 0 Å². The van der Waals surface area contributed by atoms with Gasteiger partial charge in [0.2, 0.25) is 0 Å². The van der Waals surface area contributed by atoms with Crippen molar-refractivity contribution in [2.24, 2.45) is 14.1 Å². The number of nitro groups is 1. The van der Waals surface area contributed by atoms with Gasteiger partial charge in [-0.1, -0.05) is 0 Å². The first kappa shape index (κ1) is 15.9. The monoisotopic (exact) mass is 320 g/mol. The predicted molar refractivity (Wildman–Crippen MR) is 79.6 cm³/mol. The minimum Gasteiger partial charge on any atom is -0.506 e. The van der Waals surface area contributed by atoms with E-state index in [2.05, 4.69) is 5.32 Å². The minimum absolute atomic E-state index is 0.222. The lowest BCUT2D eigenvalue weighted by atomic mass is 10.2. The molecule has 0 aliphatic heterocycles. The number of amides is 1. The van der Waals surface area contributed by atoms with E-state index in [0.717, 1.165) is 33.5 Å². The number of aromatic nitrogens is 2. The van der Waals surface area contributed by atoms with Gasteiger partial charge in [0, 0.05) is 32.4 Å². The molecule has 2 rings (SSSR count). The summed E-state index contributed by atoms with van der Waals surface area (Å²) in [5.41, 5.74) is -2.34. The van der Waals surface area contributed by atoms with Gasteiger partial charge in [-0.15, -0.1) is 0 Å². The topological polar surface area (TPSA) is 136 Å². The number of anilines is 1. The number of hydrogen-bond donors (Lipinski definition) is 2. The van der Waals surface area contributed by atoms with E-state index in [-0.39, 0.29) is 16.9 Å². The molecule has 0 spiro atoms. The Balaban J connectivity index is 2.45. The van der Waals surface area contributed by atoms with E-state index in [1.807, 2.05) is 0 Å². The van der Waals surface area contributed by atoms with Crippen LogP contribution in [0.15, 0.2) is 34.0 Å². The first-order valence-electron chi connectivity index (χ1n) is 6.27. The number of phenolic OH excluding ortho intramolecular Hbond substituents is 1. The average Bonchev–Trinajstić information content (AvgIpc) is 2.50. The van der Waals surface area contributed by atoms with Crippen LogP contribution < -0.4 is 16.6 Å². The summed E-state index contributed by atoms with van der Waals surface area (Å²) in [7, 11) is 2.58. The number of hydrogen-bond acceptors (Lipinski definition) is 6. The molecule has 1 heterocycles. The Bertz CT molecular complexity index is 927. The molecule has 1 aromatic carbocycles. The molecule has 0 saturated heterocycles. The van der Waals surface area contributed by atoms with Gasteiger partial charge >= 0.3 is 5.69 Å². The number of nitro benzene ring substituents is 1. The van der Waals surface area contributed by atoms with Gasteiger partial charge in [0.25, 0.3) is 17.2 Å². The van der Waals surface area contributed by atoms with Gasteiger partial charge in [-0.25, -0.2) is 4.79 Å². The number of carbonyl (C=O) groups excluding carboxylic acids is 1. The summed E-state index contributed by atoms with van der Waals surface area (Å²) in [5.74, 6) is -1.30. The molecule has 0 fully saturated rings. The molecule has 0 atom stereocenters. The zero-order valence-electron chi connectivity index (χ0n) is 12.1. The molecule has 0 bridgehead atoms. The number of rotatable bonds is 3. The second kappa shape index (κ2) is 5.75. The Kier molecular flexibility index (Phi) is 3.99. The molecule has 23 heavy (non-hydrogen) atoms. The molecule has 120 valence electrons. The first-order chi connectivity index (χ1) is 10.7. The summed E-state index contributed by atoms with van der Waals surface area (Å²) < 4.78 is 1.80. The normalized spacial score (nSPS) is 10.3. The molecule has 0 saturated carbocycles. The van der Waals surface area contributed by atoms with Gasteiger partial charge in [0.05, 0.1) is 10.6 Å². The van der Waals surface area contributed by atoms with Crippen molar-refractivity contribution in [2.75, 3.05) is 5.32 Å². The lowest BCUT2D eigenvalue weighted by Crippen LogP contribution is -2.40. The zero-order valence-corrected chi connectivity index (χ0v) is 12.1. The van der Waals surface area contributed by atoms with Crippen molar-refractivity contribution >= 4 is 17.3 Å². The zero-order chi connectivity index (χ0) is 17.3. The van der Waals surface area contributed by atoms with Crippen molar-refractivity contribution in [3.05, 3.63) is 60.9 Å². The number of phenols is 1. The fraction of sp³-hybridized carbons (Fsp3) is 0.154. The standard InChI is InChI=1S/C13H12N4O6/c1-15-6-8(12(20)16(2)13(15)21)11(19)14-9-5-7(17(22)23)3-4-10(9)18/h3-6,18H,1-2H3,(H,14,19). The van der Waals surface area contributed by atoms with Crippen molar-refractivity contribution in [1.82, 2.24) is 9.13 Å². The van der Waals surface area contributed by atoms with Crippen molar-refractivity contribution in [2.45, 2.75) is 0 Å². The number of benzene rings is 1. The van der Waals surface area contributed by atoms with Gasteiger partial charge < -0.3 is 15.0 Å². The van der Waals surface area contributed by atoms with Crippen LogP contribution in [0.4, 0.5) is 11.4 Å². The van der Waals surface area contributed by atoms with E-state index in [4.69, 9.17) is 0 Å². The highest BCUT2D eigenvalue weighted by molar-refractivity contribution is 6.04. The highest BCUT2D eigenvalue weighted by Gasteiger charge is 2.18. The number of carbonyl (C=O) groups is 1. The van der Waals surface area contributed by atoms with E-state index in [1.54, 1.807) is 0 Å². The minimum atomic E-state index is -0.906. The highest BCUT2D eigenvalue weighted by Crippen LogP contribution is 2.27. The molecule has 2 aromatic rings. The van der Waals surface area contributed by atoms with Gasteiger partial charge in [-0.2, -0.15) is 0 Å². The van der Waals surface area contributed by atoms with Crippen LogP contribution in [0, 0.1) is 10.1 Å². The summed E-state index contributed by atoms with van der Waals surface area (Å²) >= 11 is 0. The molecular weight excluding hydrogens is 308 g/mol. The number of nitrogens with one attached hydrogen (secondary N) is 1. The third-order valence-electron chi connectivity index (χ3n) is 3.13. The molecule has 0 aliphatic rings. The van der Waals surface area contributed by atoms with Crippen LogP contribution in [0.3, 0.4) is 0 Å². The van der Waals surface area contributed by atoms with Crippen molar-refractivity contribution in [1.29, 1.82) is 0 Å². The van der Waals surface area contributed by atoms with Crippen LogP contribution in [0.1, 0.15) is 10.4 Å². The van der Waals surface area contributed by atoms with E-state index >= 15 is 0 Å². The Morgan fingerprint density at radius 3 is 2.57 bits per heavy atom. The summed E-state index contributed by atoms with van der Waals surface area (Å²) in [6, 6.07) is 3.07. The molecule has 0 aliphatic carbocycles. The summed E-state index contributed by atoms with van der Waals surface area (Å²) in [6.07, 6.45) is 1.05. The number of aryl methyl sites for hydroxylation is 1. The molecular formula is C13H12N4O6. The van der Waals surface area contributed by atoms with E-state index < -0.39 is 27.8 Å². The predicted octanol–water partition coefficient (Wildman–Crippen LogP) is -0.0499. The molecule has 1 amide bonds. The smallest absolute Gasteiger partial charge is 0.330 e. The van der Waals surface area contributed by atoms with Crippen LogP contribution >= 0.6 is 0 Å². The molecule has 10 heteroatoms. The maximum absolute atomic E-state index is 12.2. The Labute approximate surface area is 128 Å². The highest BCUT2D eigenvalue weighted by atomic mass is 16.6. The fourth-order valence-corrected chi connectivity index (χ4v) is 1.89. The second-order valence-corrected chi connectivity index (χ2v) is 4.71. The molecule has 2 N–H and O–H groups in total. The second-order valence-electron chi connectivity index (χ2n) is 4.71. The maximum Gasteiger partial charge on any atom is 0.330 e. The van der Waals surface area contributed by atoms with Crippen molar-refractivity contribution in [3.63, 3.8) is 0 Å². The summed E-state index contributed by atoms with van der Waals surface area (Å²) in [6.45, 7) is 0. The fourth-order valence-electron chi connectivity index (χ4n) is 1.89. The van der Waals surface area contributed by atoms with Crippen molar-refractivity contribution < 1.29 is 14.8 Å². The van der Waals surface area contributed by atoms with Gasteiger partial charge in [0.1, 0.15) is 11.3 Å². The summed E-state index contributed by atoms with van der Waals surface area (Å²) in [4.78, 5) is 45.7. The number of non-ortho nitro benzene ring substituents is 1. The lowest BCUT2D eigenvalue weighted by molar-refractivity contribution is -0.384. The molecule has 10 nitrogen and oxygen atoms in total. The average molecular weight is 320 g/mol. The van der Waals surface area contributed by atoms with Gasteiger partial charge in [-0.3, -0.25) is 24.3 Å². The Hall–Kier alpha value is -3.43. The largest absolute Gasteiger partial charge is 0.506 e.